The largest absolute Gasteiger partial charge is 0.497 e. The monoisotopic (exact) mass is 219 g/mol. The Balaban J connectivity index is 2.24. The fourth-order valence-corrected chi connectivity index (χ4v) is 1.18. The van der Waals surface area contributed by atoms with Gasteiger partial charge in [-0.05, 0) is 31.2 Å². The molecule has 0 aliphatic carbocycles. The summed E-state index contributed by atoms with van der Waals surface area (Å²) >= 11 is 0. The van der Waals surface area contributed by atoms with Gasteiger partial charge in [0.05, 0.1) is 13.2 Å². The van der Waals surface area contributed by atoms with E-state index < -0.39 is 0 Å². The van der Waals surface area contributed by atoms with E-state index in [0.29, 0.717) is 6.61 Å². The van der Waals surface area contributed by atoms with Crippen molar-refractivity contribution >= 4 is 0 Å². The molecule has 0 saturated heterocycles. The first-order valence-electron chi connectivity index (χ1n) is 5.22. The summed E-state index contributed by atoms with van der Waals surface area (Å²) < 4.78 is 10.6. The summed E-state index contributed by atoms with van der Waals surface area (Å²) in [4.78, 5) is 0. The molecule has 0 bridgehead atoms. The lowest BCUT2D eigenvalue weighted by Crippen LogP contribution is -2.28. The van der Waals surface area contributed by atoms with Crippen molar-refractivity contribution in [2.24, 2.45) is 0 Å². The minimum atomic E-state index is 0.0828. The van der Waals surface area contributed by atoms with E-state index in [1.54, 1.807) is 7.11 Å². The Kier molecular flexibility index (Phi) is 5.24. The van der Waals surface area contributed by atoms with Gasteiger partial charge in [0.15, 0.2) is 0 Å². The van der Waals surface area contributed by atoms with Gasteiger partial charge in [0.2, 0.25) is 0 Å². The lowest BCUT2D eigenvalue weighted by molar-refractivity contribution is 0.311. The van der Waals surface area contributed by atoms with Crippen LogP contribution in [0.5, 0.6) is 11.5 Å². The van der Waals surface area contributed by atoms with E-state index in [2.05, 4.69) is 11.2 Å². The van der Waals surface area contributed by atoms with Crippen molar-refractivity contribution in [3.8, 4) is 23.8 Å². The van der Waals surface area contributed by atoms with Gasteiger partial charge in [-0.3, -0.25) is 0 Å². The van der Waals surface area contributed by atoms with E-state index in [-0.39, 0.29) is 6.04 Å². The quantitative estimate of drug-likeness (QED) is 0.583. The molecule has 16 heavy (non-hydrogen) atoms. The lowest BCUT2D eigenvalue weighted by Gasteiger charge is -2.09. The first-order chi connectivity index (χ1) is 7.76. The second kappa shape index (κ2) is 6.76. The van der Waals surface area contributed by atoms with Gasteiger partial charge < -0.3 is 14.8 Å². The van der Waals surface area contributed by atoms with Crippen molar-refractivity contribution in [1.29, 1.82) is 0 Å². The maximum atomic E-state index is 5.51. The molecule has 0 heterocycles. The Morgan fingerprint density at radius 2 is 1.94 bits per heavy atom. The zero-order valence-corrected chi connectivity index (χ0v) is 9.69. The SMILES string of the molecule is C#CC(C)NCCOc1ccc(OC)cc1. The fraction of sp³-hybridized carbons (Fsp3) is 0.385. The van der Waals surface area contributed by atoms with Crippen molar-refractivity contribution in [3.05, 3.63) is 24.3 Å². The summed E-state index contributed by atoms with van der Waals surface area (Å²) in [6.07, 6.45) is 5.23. The van der Waals surface area contributed by atoms with Gasteiger partial charge in [-0.25, -0.2) is 0 Å². The van der Waals surface area contributed by atoms with Gasteiger partial charge in [-0.1, -0.05) is 5.92 Å². The third kappa shape index (κ3) is 4.24. The Bertz CT molecular complexity index is 340. The minimum absolute atomic E-state index is 0.0828. The zero-order chi connectivity index (χ0) is 11.8. The summed E-state index contributed by atoms with van der Waals surface area (Å²) in [5, 5.41) is 3.14. The number of hydrogen-bond acceptors (Lipinski definition) is 3. The molecule has 3 heteroatoms. The second-order valence-electron chi connectivity index (χ2n) is 3.37. The molecule has 0 aliphatic rings. The molecule has 1 aromatic carbocycles. The summed E-state index contributed by atoms with van der Waals surface area (Å²) in [6, 6.07) is 7.58. The molecule has 1 N–H and O–H groups in total. The average molecular weight is 219 g/mol. The van der Waals surface area contributed by atoms with E-state index >= 15 is 0 Å². The molecule has 1 aromatic rings. The number of rotatable bonds is 6. The summed E-state index contributed by atoms with van der Waals surface area (Å²) in [5.41, 5.74) is 0. The number of hydrogen-bond donors (Lipinski definition) is 1. The number of benzene rings is 1. The smallest absolute Gasteiger partial charge is 0.119 e. The first kappa shape index (κ1) is 12.4. The van der Waals surface area contributed by atoms with Crippen LogP contribution in [0.1, 0.15) is 6.92 Å². The van der Waals surface area contributed by atoms with E-state index in [0.717, 1.165) is 18.0 Å². The molecule has 3 nitrogen and oxygen atoms in total. The Hall–Kier alpha value is -1.66. The Morgan fingerprint density at radius 3 is 2.50 bits per heavy atom. The summed E-state index contributed by atoms with van der Waals surface area (Å²) in [7, 11) is 1.64. The molecule has 1 rings (SSSR count). The molecular formula is C13H17NO2. The molecule has 0 aromatic heterocycles. The highest BCUT2D eigenvalue weighted by molar-refractivity contribution is 5.31. The van der Waals surface area contributed by atoms with E-state index in [4.69, 9.17) is 15.9 Å². The number of nitrogens with one attached hydrogen (secondary N) is 1. The van der Waals surface area contributed by atoms with Gasteiger partial charge in [-0.15, -0.1) is 6.42 Å². The van der Waals surface area contributed by atoms with Gasteiger partial charge >= 0.3 is 0 Å². The van der Waals surface area contributed by atoms with Crippen molar-refractivity contribution in [2.45, 2.75) is 13.0 Å². The van der Waals surface area contributed by atoms with E-state index in [1.165, 1.54) is 0 Å². The maximum Gasteiger partial charge on any atom is 0.119 e. The predicted octanol–water partition coefficient (Wildman–Crippen LogP) is 1.69. The molecule has 0 radical (unpaired) electrons. The number of ether oxygens (including phenoxy) is 2. The van der Waals surface area contributed by atoms with Crippen LogP contribution in [0.2, 0.25) is 0 Å². The highest BCUT2D eigenvalue weighted by Gasteiger charge is 1.96. The topological polar surface area (TPSA) is 30.5 Å². The zero-order valence-electron chi connectivity index (χ0n) is 9.69. The van der Waals surface area contributed by atoms with Crippen LogP contribution in [0.4, 0.5) is 0 Å². The number of methoxy groups -OCH3 is 1. The number of terminal acetylenes is 1. The first-order valence-corrected chi connectivity index (χ1v) is 5.22. The molecular weight excluding hydrogens is 202 g/mol. The second-order valence-corrected chi connectivity index (χ2v) is 3.37. The lowest BCUT2D eigenvalue weighted by atomic mass is 10.3. The van der Waals surface area contributed by atoms with Gasteiger partial charge in [-0.2, -0.15) is 0 Å². The highest BCUT2D eigenvalue weighted by Crippen LogP contribution is 2.16. The van der Waals surface area contributed by atoms with Gasteiger partial charge in [0.1, 0.15) is 18.1 Å². The fourth-order valence-electron chi connectivity index (χ4n) is 1.18. The molecule has 0 amide bonds. The minimum Gasteiger partial charge on any atom is -0.497 e. The van der Waals surface area contributed by atoms with Crippen LogP contribution >= 0.6 is 0 Å². The molecule has 0 saturated carbocycles. The molecule has 1 atom stereocenters. The van der Waals surface area contributed by atoms with E-state index in [1.807, 2.05) is 31.2 Å². The van der Waals surface area contributed by atoms with Crippen LogP contribution in [-0.2, 0) is 0 Å². The van der Waals surface area contributed by atoms with Crippen LogP contribution in [0, 0.1) is 12.3 Å². The normalized spacial score (nSPS) is 11.6. The van der Waals surface area contributed by atoms with Crippen molar-refractivity contribution in [2.75, 3.05) is 20.3 Å². The Morgan fingerprint density at radius 1 is 1.31 bits per heavy atom. The van der Waals surface area contributed by atoms with Crippen LogP contribution in [0.25, 0.3) is 0 Å². The molecule has 0 fully saturated rings. The Labute approximate surface area is 96.8 Å². The third-order valence-corrected chi connectivity index (χ3v) is 2.13. The summed E-state index contributed by atoms with van der Waals surface area (Å²) in [6.45, 7) is 3.27. The van der Waals surface area contributed by atoms with Crippen molar-refractivity contribution in [3.63, 3.8) is 0 Å². The van der Waals surface area contributed by atoms with Crippen molar-refractivity contribution in [1.82, 2.24) is 5.32 Å². The molecule has 1 unspecified atom stereocenters. The summed E-state index contributed by atoms with van der Waals surface area (Å²) in [5.74, 6) is 4.25. The molecule has 0 spiro atoms. The van der Waals surface area contributed by atoms with Crippen LogP contribution in [0.3, 0.4) is 0 Å². The third-order valence-electron chi connectivity index (χ3n) is 2.13. The van der Waals surface area contributed by atoms with Crippen LogP contribution in [-0.4, -0.2) is 26.3 Å². The van der Waals surface area contributed by atoms with Gasteiger partial charge in [0, 0.05) is 6.54 Å². The molecule has 86 valence electrons. The molecule has 0 aliphatic heterocycles. The maximum absolute atomic E-state index is 5.51. The predicted molar refractivity (Wildman–Crippen MR) is 64.8 cm³/mol. The van der Waals surface area contributed by atoms with Crippen LogP contribution in [0.15, 0.2) is 24.3 Å². The average Bonchev–Trinajstić information content (AvgIpc) is 2.35. The standard InChI is InChI=1S/C13H17NO2/c1-4-11(2)14-9-10-16-13-7-5-12(15-3)6-8-13/h1,5-8,11,14H,9-10H2,2-3H3. The van der Waals surface area contributed by atoms with Gasteiger partial charge in [0.25, 0.3) is 0 Å². The van der Waals surface area contributed by atoms with E-state index in [9.17, 15) is 0 Å². The highest BCUT2D eigenvalue weighted by atomic mass is 16.5. The van der Waals surface area contributed by atoms with Crippen molar-refractivity contribution < 1.29 is 9.47 Å². The van der Waals surface area contributed by atoms with Crippen LogP contribution < -0.4 is 14.8 Å².